The van der Waals surface area contributed by atoms with Gasteiger partial charge in [0.15, 0.2) is 0 Å². The third kappa shape index (κ3) is 14.5. The first-order valence-corrected chi connectivity index (χ1v) is 20.9. The average molecular weight is 839 g/mol. The van der Waals surface area contributed by atoms with E-state index >= 15 is 0 Å². The van der Waals surface area contributed by atoms with Crippen molar-refractivity contribution in [2.24, 2.45) is 11.5 Å². The fourth-order valence-corrected chi connectivity index (χ4v) is 7.00. The van der Waals surface area contributed by atoms with E-state index in [1.54, 1.807) is 46.1 Å². The first-order chi connectivity index (χ1) is 29.1. The quantitative estimate of drug-likeness (QED) is 0.0570. The summed E-state index contributed by atoms with van der Waals surface area (Å²) in [4.78, 5) is 87.7. The fraction of sp³-hybridized carbons (Fsp3) is 0.435. The number of carbonyl (C=O) groups excluding carboxylic acids is 6. The Kier molecular flexibility index (Phi) is 17.9. The van der Waals surface area contributed by atoms with Crippen LogP contribution in [0.1, 0.15) is 82.4 Å². The number of H-pyrrole nitrogens is 1. The molecular formula is C46H62N8O7. The third-order valence-electron chi connectivity index (χ3n) is 10.3. The van der Waals surface area contributed by atoms with Crippen LogP contribution in [0.3, 0.4) is 0 Å². The van der Waals surface area contributed by atoms with E-state index < -0.39 is 53.6 Å². The van der Waals surface area contributed by atoms with Gasteiger partial charge in [-0.2, -0.15) is 0 Å². The minimum Gasteiger partial charge on any atom is -0.444 e. The molecule has 15 nitrogen and oxygen atoms in total. The van der Waals surface area contributed by atoms with Crippen LogP contribution >= 0.6 is 0 Å². The first kappa shape index (κ1) is 47.5. The molecule has 0 saturated heterocycles. The number of nitrogens with zero attached hydrogens (tertiary/aromatic N) is 2. The number of unbranched alkanes of at least 4 members (excludes halogenated alkanes) is 3. The molecule has 0 aliphatic heterocycles. The zero-order valence-electron chi connectivity index (χ0n) is 36.0. The monoisotopic (exact) mass is 838 g/mol. The van der Waals surface area contributed by atoms with E-state index in [-0.39, 0.29) is 31.7 Å². The number of anilines is 1. The molecule has 0 aliphatic rings. The van der Waals surface area contributed by atoms with Crippen molar-refractivity contribution in [1.82, 2.24) is 25.4 Å². The highest BCUT2D eigenvalue weighted by Crippen LogP contribution is 2.23. The number of benzene rings is 3. The van der Waals surface area contributed by atoms with Gasteiger partial charge in [0.25, 0.3) is 5.91 Å². The zero-order valence-corrected chi connectivity index (χ0v) is 36.0. The van der Waals surface area contributed by atoms with E-state index in [1.807, 2.05) is 73.7 Å². The molecule has 15 heteroatoms. The topological polar surface area (TPSA) is 222 Å². The summed E-state index contributed by atoms with van der Waals surface area (Å²) in [5, 5.41) is 9.27. The second kappa shape index (κ2) is 23.0. The molecule has 8 N–H and O–H groups in total. The number of fused-ring (bicyclic) bond motifs is 1. The molecule has 4 rings (SSSR count). The number of carbonyl (C=O) groups is 6. The number of nitrogens with one attached hydrogen (secondary N) is 4. The number of para-hydroxylation sites is 2. The maximum Gasteiger partial charge on any atom is 0.408 e. The van der Waals surface area contributed by atoms with Crippen molar-refractivity contribution >= 4 is 52.3 Å². The molecule has 3 atom stereocenters. The van der Waals surface area contributed by atoms with Gasteiger partial charge in [-0.1, -0.05) is 73.2 Å². The van der Waals surface area contributed by atoms with Crippen LogP contribution in [0.4, 0.5) is 15.3 Å². The number of ether oxygens (including phenoxy) is 1. The minimum atomic E-state index is -1.32. The lowest BCUT2D eigenvalue weighted by molar-refractivity contribution is -0.138. The normalized spacial score (nSPS) is 12.8. The Bertz CT molecular complexity index is 2100. The van der Waals surface area contributed by atoms with Crippen molar-refractivity contribution in [3.05, 3.63) is 102 Å². The largest absolute Gasteiger partial charge is 0.444 e. The number of aromatic amines is 1. The molecule has 61 heavy (non-hydrogen) atoms. The molecule has 4 aromatic rings. The van der Waals surface area contributed by atoms with Crippen LogP contribution in [-0.4, -0.2) is 94.4 Å². The minimum absolute atomic E-state index is 0.0201. The summed E-state index contributed by atoms with van der Waals surface area (Å²) in [5.41, 5.74) is 14.2. The van der Waals surface area contributed by atoms with Crippen molar-refractivity contribution in [1.29, 1.82) is 0 Å². The van der Waals surface area contributed by atoms with Crippen molar-refractivity contribution in [2.45, 2.75) is 109 Å². The van der Waals surface area contributed by atoms with Gasteiger partial charge in [0.05, 0.1) is 0 Å². The van der Waals surface area contributed by atoms with Gasteiger partial charge < -0.3 is 42.0 Å². The number of alkyl carbamates (subject to hydrolysis) is 1. The standard InChI is InChI=1S/C46H62N8O7/c1-31-18-11-13-22-35(31)51-44(59)54(43(58)37(52-45(60)61-46(2,3)4)29-33-30-50-36-23-14-12-21-34(33)36)38(24-15-16-26-47)42(57)49-27-17-7-10-25-40(55)53(5)39(41(48)56)28-32-19-8-6-9-20-32/h6,8-9,11-14,18-23,30,37-39,50H,7,10,15-17,24-29,47H2,1-5H3,(H2,48,56)(H,49,57)(H,51,59)(H,52,60)/t37-,38-,39-/m0/s1. The number of hydrogen-bond acceptors (Lipinski definition) is 8. The van der Waals surface area contributed by atoms with Gasteiger partial charge in [0.1, 0.15) is 23.7 Å². The third-order valence-corrected chi connectivity index (χ3v) is 10.3. The lowest BCUT2D eigenvalue weighted by Gasteiger charge is -2.33. The molecule has 328 valence electrons. The molecule has 0 bridgehead atoms. The second-order valence-corrected chi connectivity index (χ2v) is 16.2. The molecule has 3 aromatic carbocycles. The van der Waals surface area contributed by atoms with Crippen molar-refractivity contribution in [2.75, 3.05) is 25.5 Å². The summed E-state index contributed by atoms with van der Waals surface area (Å²) in [6, 6.07) is 19.7. The van der Waals surface area contributed by atoms with E-state index in [0.29, 0.717) is 56.3 Å². The molecule has 0 radical (unpaired) electrons. The predicted octanol–water partition coefficient (Wildman–Crippen LogP) is 5.70. The molecule has 0 unspecified atom stereocenters. The summed E-state index contributed by atoms with van der Waals surface area (Å²) in [6.07, 6.45) is 3.96. The highest BCUT2D eigenvalue weighted by atomic mass is 16.6. The molecule has 1 heterocycles. The number of imide groups is 1. The lowest BCUT2D eigenvalue weighted by atomic mass is 10.0. The zero-order chi connectivity index (χ0) is 44.5. The Labute approximate surface area is 358 Å². The van der Waals surface area contributed by atoms with E-state index in [1.165, 1.54) is 4.90 Å². The number of likely N-dealkylation sites (N-methyl/N-ethyl adjacent to an activating group) is 1. The maximum absolute atomic E-state index is 14.9. The van der Waals surface area contributed by atoms with E-state index in [2.05, 4.69) is 20.9 Å². The van der Waals surface area contributed by atoms with E-state index in [4.69, 9.17) is 16.2 Å². The Morgan fingerprint density at radius 1 is 0.820 bits per heavy atom. The number of aromatic nitrogens is 1. The van der Waals surface area contributed by atoms with Gasteiger partial charge in [-0.3, -0.25) is 19.2 Å². The molecule has 0 aliphatic carbocycles. The molecule has 0 spiro atoms. The van der Waals surface area contributed by atoms with Crippen LogP contribution in [0.25, 0.3) is 10.9 Å². The molecule has 0 saturated carbocycles. The van der Waals surface area contributed by atoms with Crippen LogP contribution in [0.5, 0.6) is 0 Å². The highest BCUT2D eigenvalue weighted by Gasteiger charge is 2.39. The van der Waals surface area contributed by atoms with E-state index in [0.717, 1.165) is 26.9 Å². The van der Waals surface area contributed by atoms with Crippen LogP contribution < -0.4 is 27.4 Å². The van der Waals surface area contributed by atoms with Crippen LogP contribution in [0, 0.1) is 6.92 Å². The van der Waals surface area contributed by atoms with Gasteiger partial charge >= 0.3 is 12.1 Å². The molecule has 1 aromatic heterocycles. The number of hydrogen-bond donors (Lipinski definition) is 6. The Hall–Kier alpha value is -6.22. The van der Waals surface area contributed by atoms with Crippen molar-refractivity contribution < 1.29 is 33.5 Å². The summed E-state index contributed by atoms with van der Waals surface area (Å²) >= 11 is 0. The van der Waals surface area contributed by atoms with Crippen molar-refractivity contribution in [3.8, 4) is 0 Å². The average Bonchev–Trinajstić information content (AvgIpc) is 3.63. The second-order valence-electron chi connectivity index (χ2n) is 16.2. The first-order valence-electron chi connectivity index (χ1n) is 20.9. The van der Waals surface area contributed by atoms with Gasteiger partial charge in [0, 0.05) is 55.6 Å². The number of urea groups is 1. The Balaban J connectivity index is 1.53. The lowest BCUT2D eigenvalue weighted by Crippen LogP contribution is -2.59. The molecule has 0 fully saturated rings. The summed E-state index contributed by atoms with van der Waals surface area (Å²) in [7, 11) is 1.57. The Morgan fingerprint density at radius 3 is 2.20 bits per heavy atom. The maximum atomic E-state index is 14.9. The van der Waals surface area contributed by atoms with Crippen molar-refractivity contribution in [3.63, 3.8) is 0 Å². The van der Waals surface area contributed by atoms with Gasteiger partial charge in [-0.25, -0.2) is 14.5 Å². The SMILES string of the molecule is Cc1ccccc1NC(=O)N(C(=O)[C@H](Cc1c[nH]c2ccccc12)NC(=O)OC(C)(C)C)[C@@H](CCCCN)C(=O)NCCCCCC(=O)N(C)[C@@H](Cc1ccccc1)C(N)=O. The van der Waals surface area contributed by atoms with Gasteiger partial charge in [0.2, 0.25) is 17.7 Å². The Morgan fingerprint density at radius 2 is 1.51 bits per heavy atom. The van der Waals surface area contributed by atoms with Gasteiger partial charge in [-0.15, -0.1) is 0 Å². The summed E-state index contributed by atoms with van der Waals surface area (Å²) in [5.74, 6) is -2.18. The van der Waals surface area contributed by atoms with Crippen LogP contribution in [0.2, 0.25) is 0 Å². The van der Waals surface area contributed by atoms with E-state index in [9.17, 15) is 28.8 Å². The number of rotatable bonds is 21. The number of primary amides is 1. The summed E-state index contributed by atoms with van der Waals surface area (Å²) in [6.45, 7) is 7.44. The van der Waals surface area contributed by atoms with Gasteiger partial charge in [-0.05, 0) is 95.2 Å². The van der Waals surface area contributed by atoms with Crippen LogP contribution in [0.15, 0.2) is 85.1 Å². The number of aryl methyl sites for hydroxylation is 1. The highest BCUT2D eigenvalue weighted by molar-refractivity contribution is 6.07. The summed E-state index contributed by atoms with van der Waals surface area (Å²) < 4.78 is 5.56. The number of amides is 7. The number of nitrogens with two attached hydrogens (primary N) is 2. The fourth-order valence-electron chi connectivity index (χ4n) is 7.00. The van der Waals surface area contributed by atoms with Crippen LogP contribution in [-0.2, 0) is 36.8 Å². The predicted molar refractivity (Wildman–Crippen MR) is 236 cm³/mol. The smallest absolute Gasteiger partial charge is 0.408 e. The molecule has 7 amide bonds. The molecular weight excluding hydrogens is 777 g/mol.